The van der Waals surface area contributed by atoms with Crippen molar-refractivity contribution in [1.82, 2.24) is 10.2 Å². The highest BCUT2D eigenvalue weighted by atomic mass is 16.3. The lowest BCUT2D eigenvalue weighted by molar-refractivity contribution is -0.128. The second kappa shape index (κ2) is 9.82. The van der Waals surface area contributed by atoms with Gasteiger partial charge < -0.3 is 25.3 Å². The number of carbonyl (C=O) groups excluding carboxylic acids is 3. The Morgan fingerprint density at radius 2 is 1.66 bits per heavy atom. The molecular weight excluding hydrogens is 408 g/mol. The van der Waals surface area contributed by atoms with Gasteiger partial charge >= 0.3 is 6.03 Å². The van der Waals surface area contributed by atoms with Crippen molar-refractivity contribution < 1.29 is 18.8 Å². The van der Waals surface area contributed by atoms with Gasteiger partial charge in [-0.1, -0.05) is 12.1 Å². The fourth-order valence-electron chi connectivity index (χ4n) is 3.45. The Bertz CT molecular complexity index is 1080. The van der Waals surface area contributed by atoms with Crippen molar-refractivity contribution >= 4 is 29.2 Å². The van der Waals surface area contributed by atoms with E-state index in [1.54, 1.807) is 54.8 Å². The number of urea groups is 1. The molecule has 0 unspecified atom stereocenters. The molecule has 32 heavy (non-hydrogen) atoms. The molecule has 164 valence electrons. The van der Waals surface area contributed by atoms with E-state index in [-0.39, 0.29) is 17.8 Å². The fraction of sp³-hybridized carbons (Fsp3) is 0.208. The van der Waals surface area contributed by atoms with Gasteiger partial charge in [0.25, 0.3) is 5.91 Å². The van der Waals surface area contributed by atoms with Crippen LogP contribution in [0, 0.1) is 0 Å². The summed E-state index contributed by atoms with van der Waals surface area (Å²) < 4.78 is 5.17. The van der Waals surface area contributed by atoms with E-state index in [9.17, 15) is 14.4 Å². The van der Waals surface area contributed by atoms with Gasteiger partial charge in [0.2, 0.25) is 5.91 Å². The Labute approximate surface area is 185 Å². The lowest BCUT2D eigenvalue weighted by atomic mass is 10.1. The van der Waals surface area contributed by atoms with Gasteiger partial charge in [-0.15, -0.1) is 0 Å². The Morgan fingerprint density at radius 1 is 0.938 bits per heavy atom. The Balaban J connectivity index is 1.26. The summed E-state index contributed by atoms with van der Waals surface area (Å²) in [6.07, 6.45) is 3.07. The van der Waals surface area contributed by atoms with E-state index in [1.807, 2.05) is 17.0 Å². The smallest absolute Gasteiger partial charge is 0.319 e. The van der Waals surface area contributed by atoms with E-state index in [1.165, 1.54) is 0 Å². The Hall–Kier alpha value is -4.07. The molecule has 8 heteroatoms. The third-order valence-electron chi connectivity index (χ3n) is 5.16. The number of nitrogens with zero attached hydrogens (tertiary/aromatic N) is 1. The van der Waals surface area contributed by atoms with E-state index in [0.29, 0.717) is 42.2 Å². The van der Waals surface area contributed by atoms with Crippen LogP contribution in [-0.4, -0.2) is 29.3 Å². The molecule has 0 spiro atoms. The average molecular weight is 432 g/mol. The van der Waals surface area contributed by atoms with Gasteiger partial charge in [-0.3, -0.25) is 9.59 Å². The van der Waals surface area contributed by atoms with Crippen LogP contribution >= 0.6 is 0 Å². The van der Waals surface area contributed by atoms with Crippen LogP contribution in [0.5, 0.6) is 0 Å². The van der Waals surface area contributed by atoms with Crippen molar-refractivity contribution in [2.24, 2.45) is 0 Å². The molecule has 1 aliphatic rings. The van der Waals surface area contributed by atoms with E-state index >= 15 is 0 Å². The highest BCUT2D eigenvalue weighted by Crippen LogP contribution is 2.17. The first-order chi connectivity index (χ1) is 15.6. The maximum absolute atomic E-state index is 12.5. The van der Waals surface area contributed by atoms with Gasteiger partial charge in [0.1, 0.15) is 5.76 Å². The van der Waals surface area contributed by atoms with E-state index < -0.39 is 0 Å². The van der Waals surface area contributed by atoms with E-state index in [0.717, 1.165) is 18.5 Å². The Morgan fingerprint density at radius 3 is 2.28 bits per heavy atom. The lowest BCUT2D eigenvalue weighted by Crippen LogP contribution is -2.27. The summed E-state index contributed by atoms with van der Waals surface area (Å²) in [6.45, 7) is 1.65. The number of amides is 4. The molecular formula is C24H24N4O4. The number of anilines is 2. The third-order valence-corrected chi connectivity index (χ3v) is 5.16. The first-order valence-corrected chi connectivity index (χ1v) is 10.4. The quantitative estimate of drug-likeness (QED) is 0.525. The summed E-state index contributed by atoms with van der Waals surface area (Å²) in [5.74, 6) is 0.612. The molecule has 1 aliphatic heterocycles. The van der Waals surface area contributed by atoms with Crippen LogP contribution in [0.1, 0.15) is 34.5 Å². The van der Waals surface area contributed by atoms with Crippen LogP contribution in [0.2, 0.25) is 0 Å². The fourth-order valence-corrected chi connectivity index (χ4v) is 3.45. The van der Waals surface area contributed by atoms with Crippen molar-refractivity contribution in [3.63, 3.8) is 0 Å². The maximum atomic E-state index is 12.5. The number of carbonyl (C=O) groups is 3. The molecule has 4 rings (SSSR count). The Kier molecular flexibility index (Phi) is 6.50. The highest BCUT2D eigenvalue weighted by molar-refractivity contribution is 6.04. The monoisotopic (exact) mass is 432 g/mol. The zero-order valence-corrected chi connectivity index (χ0v) is 17.5. The van der Waals surface area contributed by atoms with Crippen molar-refractivity contribution in [3.8, 4) is 0 Å². The molecule has 2 aromatic carbocycles. The average Bonchev–Trinajstić information content (AvgIpc) is 3.46. The number of hydrogen-bond donors (Lipinski definition) is 3. The molecule has 0 radical (unpaired) electrons. The summed E-state index contributed by atoms with van der Waals surface area (Å²) >= 11 is 0. The van der Waals surface area contributed by atoms with Gasteiger partial charge in [-0.05, 0) is 60.5 Å². The zero-order valence-electron chi connectivity index (χ0n) is 17.5. The molecule has 3 N–H and O–H groups in total. The predicted octanol–water partition coefficient (Wildman–Crippen LogP) is 3.98. The van der Waals surface area contributed by atoms with E-state index in [2.05, 4.69) is 16.0 Å². The van der Waals surface area contributed by atoms with Crippen molar-refractivity contribution in [2.75, 3.05) is 17.2 Å². The van der Waals surface area contributed by atoms with Crippen LogP contribution in [0.25, 0.3) is 0 Å². The van der Waals surface area contributed by atoms with Crippen molar-refractivity contribution in [1.29, 1.82) is 0 Å². The molecule has 3 aromatic rings. The standard InChI is InChI=1S/C24H24N4O4/c29-22-4-1-13-28(22)16-17-5-7-18(8-6-17)23(30)26-19-9-11-20(12-10-19)27-24(31)25-15-21-3-2-14-32-21/h2-3,5-12,14H,1,4,13,15-16H2,(H,26,30)(H2,25,27,31). The lowest BCUT2D eigenvalue weighted by Gasteiger charge is -2.15. The highest BCUT2D eigenvalue weighted by Gasteiger charge is 2.20. The molecule has 8 nitrogen and oxygen atoms in total. The predicted molar refractivity (Wildman–Crippen MR) is 120 cm³/mol. The summed E-state index contributed by atoms with van der Waals surface area (Å²) in [6, 6.07) is 17.3. The molecule has 0 bridgehead atoms. The number of benzene rings is 2. The summed E-state index contributed by atoms with van der Waals surface area (Å²) in [5, 5.41) is 8.26. The second-order valence-electron chi connectivity index (χ2n) is 7.53. The van der Waals surface area contributed by atoms with E-state index in [4.69, 9.17) is 4.42 Å². The van der Waals surface area contributed by atoms with Crippen LogP contribution < -0.4 is 16.0 Å². The van der Waals surface area contributed by atoms with Crippen molar-refractivity contribution in [2.45, 2.75) is 25.9 Å². The van der Waals surface area contributed by atoms with Gasteiger partial charge in [0.15, 0.2) is 0 Å². The number of rotatable bonds is 7. The normalized spacial score (nSPS) is 13.1. The van der Waals surface area contributed by atoms with Gasteiger partial charge in [-0.25, -0.2) is 4.79 Å². The van der Waals surface area contributed by atoms with Crippen LogP contribution in [0.3, 0.4) is 0 Å². The van der Waals surface area contributed by atoms with Crippen LogP contribution in [0.15, 0.2) is 71.3 Å². The number of nitrogens with one attached hydrogen (secondary N) is 3. The van der Waals surface area contributed by atoms with Crippen LogP contribution in [0.4, 0.5) is 16.2 Å². The van der Waals surface area contributed by atoms with Gasteiger partial charge in [0, 0.05) is 36.4 Å². The summed E-state index contributed by atoms with van der Waals surface area (Å²) in [7, 11) is 0. The molecule has 1 fully saturated rings. The molecule has 0 aliphatic carbocycles. The van der Waals surface area contributed by atoms with Gasteiger partial charge in [0.05, 0.1) is 12.8 Å². The molecule has 0 saturated carbocycles. The second-order valence-corrected chi connectivity index (χ2v) is 7.53. The largest absolute Gasteiger partial charge is 0.467 e. The number of hydrogen-bond acceptors (Lipinski definition) is 4. The number of likely N-dealkylation sites (tertiary alicyclic amines) is 1. The maximum Gasteiger partial charge on any atom is 0.319 e. The minimum atomic E-state index is -0.353. The van der Waals surface area contributed by atoms with Crippen molar-refractivity contribution in [3.05, 3.63) is 83.8 Å². The molecule has 1 aromatic heterocycles. The molecule has 0 atom stereocenters. The molecule has 4 amide bonds. The molecule has 2 heterocycles. The topological polar surface area (TPSA) is 104 Å². The first-order valence-electron chi connectivity index (χ1n) is 10.4. The zero-order chi connectivity index (χ0) is 22.3. The summed E-state index contributed by atoms with van der Waals surface area (Å²) in [4.78, 5) is 38.1. The molecule has 1 saturated heterocycles. The van der Waals surface area contributed by atoms with Gasteiger partial charge in [-0.2, -0.15) is 0 Å². The minimum absolute atomic E-state index is 0.180. The summed E-state index contributed by atoms with van der Waals surface area (Å²) in [5.41, 5.74) is 2.74. The van der Waals surface area contributed by atoms with Crippen LogP contribution in [-0.2, 0) is 17.9 Å². The minimum Gasteiger partial charge on any atom is -0.467 e. The SMILES string of the molecule is O=C(NCc1ccco1)Nc1ccc(NC(=O)c2ccc(CN3CCCC3=O)cc2)cc1. The number of furan rings is 1. The first kappa shape index (κ1) is 21.2. The third kappa shape index (κ3) is 5.54.